The minimum atomic E-state index is -0.460. The zero-order valence-corrected chi connectivity index (χ0v) is 8.92. The Hall–Kier alpha value is -2.63. The summed E-state index contributed by atoms with van der Waals surface area (Å²) in [7, 11) is 0. The smallest absolute Gasteiger partial charge is 0.248 e. The Bertz CT molecular complexity index is 538. The van der Waals surface area contributed by atoms with Gasteiger partial charge in [-0.3, -0.25) is 4.79 Å². The lowest BCUT2D eigenvalue weighted by atomic mass is 10.2. The number of carbonyl (C=O) groups is 1. The lowest BCUT2D eigenvalue weighted by molar-refractivity contribution is 0.100. The number of nitrogens with zero attached hydrogens (tertiary/aromatic N) is 2. The maximum atomic E-state index is 10.9. The standard InChI is InChI=1S/C11H11N5O/c12-9-5-14-6-15-11(9)16-8-3-1-7(2-4-8)10(13)17/h1-6H,12H2,(H2,13,17)(H,14,15,16). The third-order valence-electron chi connectivity index (χ3n) is 2.17. The number of aromatic nitrogens is 2. The van der Waals surface area contributed by atoms with Gasteiger partial charge in [0.15, 0.2) is 5.82 Å². The summed E-state index contributed by atoms with van der Waals surface area (Å²) in [5.41, 5.74) is 12.5. The van der Waals surface area contributed by atoms with Crippen molar-refractivity contribution < 1.29 is 4.79 Å². The molecule has 1 heterocycles. The van der Waals surface area contributed by atoms with Gasteiger partial charge in [-0.05, 0) is 24.3 Å². The second-order valence-corrected chi connectivity index (χ2v) is 3.39. The van der Waals surface area contributed by atoms with Crippen molar-refractivity contribution in [2.75, 3.05) is 11.1 Å². The van der Waals surface area contributed by atoms with E-state index in [0.717, 1.165) is 5.69 Å². The van der Waals surface area contributed by atoms with Gasteiger partial charge < -0.3 is 16.8 Å². The molecular weight excluding hydrogens is 218 g/mol. The molecule has 1 aromatic carbocycles. The van der Waals surface area contributed by atoms with E-state index >= 15 is 0 Å². The summed E-state index contributed by atoms with van der Waals surface area (Å²) in [4.78, 5) is 18.7. The molecular formula is C11H11N5O. The number of rotatable bonds is 3. The fourth-order valence-electron chi connectivity index (χ4n) is 1.30. The molecule has 0 aliphatic carbocycles. The predicted molar refractivity (Wildman–Crippen MR) is 64.7 cm³/mol. The van der Waals surface area contributed by atoms with Crippen LogP contribution in [0.2, 0.25) is 0 Å². The third-order valence-corrected chi connectivity index (χ3v) is 2.17. The average Bonchev–Trinajstić information content (AvgIpc) is 2.33. The summed E-state index contributed by atoms with van der Waals surface area (Å²) in [5, 5.41) is 3.01. The molecule has 0 aliphatic heterocycles. The zero-order chi connectivity index (χ0) is 12.3. The Morgan fingerprint density at radius 1 is 1.24 bits per heavy atom. The summed E-state index contributed by atoms with van der Waals surface area (Å²) in [6.45, 7) is 0. The first kappa shape index (κ1) is 10.9. The molecule has 1 aromatic heterocycles. The Morgan fingerprint density at radius 3 is 2.53 bits per heavy atom. The van der Waals surface area contributed by atoms with Crippen LogP contribution in [0.5, 0.6) is 0 Å². The van der Waals surface area contributed by atoms with Crippen molar-refractivity contribution in [3.05, 3.63) is 42.4 Å². The Labute approximate surface area is 97.7 Å². The molecule has 5 N–H and O–H groups in total. The molecule has 0 fully saturated rings. The van der Waals surface area contributed by atoms with Crippen molar-refractivity contribution >= 4 is 23.1 Å². The van der Waals surface area contributed by atoms with Gasteiger partial charge in [0.05, 0.1) is 11.9 Å². The van der Waals surface area contributed by atoms with Crippen LogP contribution in [-0.2, 0) is 0 Å². The van der Waals surface area contributed by atoms with Crippen LogP contribution >= 0.6 is 0 Å². The molecule has 0 saturated heterocycles. The Balaban J connectivity index is 2.20. The van der Waals surface area contributed by atoms with Gasteiger partial charge in [-0.15, -0.1) is 0 Å². The first-order valence-corrected chi connectivity index (χ1v) is 4.89. The van der Waals surface area contributed by atoms with Gasteiger partial charge in [0, 0.05) is 11.3 Å². The Morgan fingerprint density at radius 2 is 1.94 bits per heavy atom. The van der Waals surface area contributed by atoms with Crippen molar-refractivity contribution in [3.63, 3.8) is 0 Å². The molecule has 1 amide bonds. The van der Waals surface area contributed by atoms with E-state index < -0.39 is 5.91 Å². The van der Waals surface area contributed by atoms with E-state index in [0.29, 0.717) is 17.1 Å². The van der Waals surface area contributed by atoms with E-state index in [1.54, 1.807) is 24.3 Å². The van der Waals surface area contributed by atoms with Crippen molar-refractivity contribution in [2.45, 2.75) is 0 Å². The van der Waals surface area contributed by atoms with Crippen LogP contribution in [0.15, 0.2) is 36.8 Å². The van der Waals surface area contributed by atoms with E-state index in [4.69, 9.17) is 11.5 Å². The van der Waals surface area contributed by atoms with Crippen molar-refractivity contribution in [2.24, 2.45) is 5.73 Å². The summed E-state index contributed by atoms with van der Waals surface area (Å²) < 4.78 is 0. The minimum Gasteiger partial charge on any atom is -0.394 e. The minimum absolute atomic E-state index is 0.450. The molecule has 0 atom stereocenters. The van der Waals surface area contributed by atoms with Gasteiger partial charge in [0.25, 0.3) is 0 Å². The van der Waals surface area contributed by atoms with Gasteiger partial charge in [0.2, 0.25) is 5.91 Å². The van der Waals surface area contributed by atoms with Gasteiger partial charge in [0.1, 0.15) is 6.33 Å². The number of amides is 1. The number of hydrogen-bond acceptors (Lipinski definition) is 5. The van der Waals surface area contributed by atoms with E-state index in [9.17, 15) is 4.79 Å². The first-order valence-electron chi connectivity index (χ1n) is 4.89. The topological polar surface area (TPSA) is 107 Å². The van der Waals surface area contributed by atoms with Gasteiger partial charge >= 0.3 is 0 Å². The van der Waals surface area contributed by atoms with Crippen LogP contribution in [0.1, 0.15) is 10.4 Å². The molecule has 17 heavy (non-hydrogen) atoms. The second kappa shape index (κ2) is 4.48. The number of nitrogens with two attached hydrogens (primary N) is 2. The highest BCUT2D eigenvalue weighted by Gasteiger charge is 2.02. The molecule has 0 bridgehead atoms. The molecule has 6 nitrogen and oxygen atoms in total. The summed E-state index contributed by atoms with van der Waals surface area (Å²) >= 11 is 0. The Kier molecular flexibility index (Phi) is 2.87. The van der Waals surface area contributed by atoms with Crippen LogP contribution in [0.25, 0.3) is 0 Å². The second-order valence-electron chi connectivity index (χ2n) is 3.39. The lowest BCUT2D eigenvalue weighted by Gasteiger charge is -2.07. The molecule has 0 unspecified atom stereocenters. The number of benzene rings is 1. The number of nitrogens with one attached hydrogen (secondary N) is 1. The number of hydrogen-bond donors (Lipinski definition) is 3. The highest BCUT2D eigenvalue weighted by molar-refractivity contribution is 5.93. The molecule has 0 radical (unpaired) electrons. The fraction of sp³-hybridized carbons (Fsp3) is 0. The molecule has 0 saturated carbocycles. The van der Waals surface area contributed by atoms with Crippen LogP contribution in [-0.4, -0.2) is 15.9 Å². The SMILES string of the molecule is NC(=O)c1ccc(Nc2ncncc2N)cc1. The van der Waals surface area contributed by atoms with E-state index in [-0.39, 0.29) is 0 Å². The van der Waals surface area contributed by atoms with Crippen LogP contribution in [0, 0.1) is 0 Å². The average molecular weight is 229 g/mol. The maximum Gasteiger partial charge on any atom is 0.248 e. The van der Waals surface area contributed by atoms with Crippen molar-refractivity contribution in [3.8, 4) is 0 Å². The number of primary amides is 1. The van der Waals surface area contributed by atoms with Gasteiger partial charge in [-0.1, -0.05) is 0 Å². The monoisotopic (exact) mass is 229 g/mol. The normalized spacial score (nSPS) is 9.88. The number of nitrogen functional groups attached to an aromatic ring is 1. The summed E-state index contributed by atoms with van der Waals surface area (Å²) in [6, 6.07) is 6.70. The van der Waals surface area contributed by atoms with Crippen molar-refractivity contribution in [1.29, 1.82) is 0 Å². The predicted octanol–water partition coefficient (Wildman–Crippen LogP) is 0.901. The molecule has 2 rings (SSSR count). The fourth-order valence-corrected chi connectivity index (χ4v) is 1.30. The summed E-state index contributed by atoms with van der Waals surface area (Å²) in [5.74, 6) is 0.0601. The van der Waals surface area contributed by atoms with Crippen LogP contribution in [0.3, 0.4) is 0 Å². The van der Waals surface area contributed by atoms with Crippen LogP contribution in [0.4, 0.5) is 17.2 Å². The van der Waals surface area contributed by atoms with Crippen LogP contribution < -0.4 is 16.8 Å². The highest BCUT2D eigenvalue weighted by Crippen LogP contribution is 2.19. The molecule has 86 valence electrons. The first-order chi connectivity index (χ1) is 8.16. The van der Waals surface area contributed by atoms with E-state index in [1.165, 1.54) is 12.5 Å². The van der Waals surface area contributed by atoms with Crippen molar-refractivity contribution in [1.82, 2.24) is 9.97 Å². The highest BCUT2D eigenvalue weighted by atomic mass is 16.1. The third kappa shape index (κ3) is 2.49. The van der Waals surface area contributed by atoms with Gasteiger partial charge in [-0.2, -0.15) is 0 Å². The number of carbonyl (C=O) groups excluding carboxylic acids is 1. The van der Waals surface area contributed by atoms with E-state index in [2.05, 4.69) is 15.3 Å². The van der Waals surface area contributed by atoms with Gasteiger partial charge in [-0.25, -0.2) is 9.97 Å². The molecule has 0 spiro atoms. The van der Waals surface area contributed by atoms with E-state index in [1.807, 2.05) is 0 Å². The molecule has 6 heteroatoms. The maximum absolute atomic E-state index is 10.9. The largest absolute Gasteiger partial charge is 0.394 e. The lowest BCUT2D eigenvalue weighted by Crippen LogP contribution is -2.10. The quantitative estimate of drug-likeness (QED) is 0.724. The number of anilines is 3. The molecule has 0 aliphatic rings. The summed E-state index contributed by atoms with van der Waals surface area (Å²) in [6.07, 6.45) is 2.91. The molecule has 2 aromatic rings. The zero-order valence-electron chi connectivity index (χ0n) is 8.92.